The zero-order valence-electron chi connectivity index (χ0n) is 17.2. The molecule has 1 fully saturated rings. The van der Waals surface area contributed by atoms with E-state index in [-0.39, 0.29) is 18.0 Å². The van der Waals surface area contributed by atoms with Crippen LogP contribution in [0.2, 0.25) is 0 Å². The second kappa shape index (κ2) is 9.30. The molecule has 1 amide bonds. The monoisotopic (exact) mass is 519 g/mol. The number of ether oxygens (including phenoxy) is 1. The molecule has 3 heterocycles. The van der Waals surface area contributed by atoms with Crippen molar-refractivity contribution in [2.24, 2.45) is 0 Å². The van der Waals surface area contributed by atoms with Gasteiger partial charge in [-0.3, -0.25) is 4.79 Å². The topological polar surface area (TPSA) is 81.1 Å². The minimum Gasteiger partial charge on any atom is -0.381 e. The summed E-state index contributed by atoms with van der Waals surface area (Å²) in [6.07, 6.45) is 5.28. The maximum atomic E-state index is 13.2. The number of aryl methyl sites for hydroxylation is 1. The maximum Gasteiger partial charge on any atom is 0.255 e. The Kier molecular flexibility index (Phi) is 6.52. The van der Waals surface area contributed by atoms with Gasteiger partial charge in [-0.2, -0.15) is 5.10 Å². The van der Waals surface area contributed by atoms with E-state index < -0.39 is 0 Å². The van der Waals surface area contributed by atoms with Gasteiger partial charge in [0.2, 0.25) is 0 Å². The van der Waals surface area contributed by atoms with Gasteiger partial charge in [0.1, 0.15) is 0 Å². The first-order valence-corrected chi connectivity index (χ1v) is 11.4. The average Bonchev–Trinajstić information content (AvgIpc) is 3.18. The highest BCUT2D eigenvalue weighted by Crippen LogP contribution is 2.29. The van der Waals surface area contributed by atoms with Gasteiger partial charge in [-0.25, -0.2) is 9.67 Å². The number of carbonyl (C=O) groups is 1. The third kappa shape index (κ3) is 4.44. The van der Waals surface area contributed by atoms with Crippen molar-refractivity contribution >= 4 is 45.2 Å². The van der Waals surface area contributed by atoms with Crippen LogP contribution >= 0.6 is 22.6 Å². The van der Waals surface area contributed by atoms with E-state index in [1.165, 1.54) is 3.57 Å². The van der Waals surface area contributed by atoms with Gasteiger partial charge in [-0.1, -0.05) is 12.1 Å². The summed E-state index contributed by atoms with van der Waals surface area (Å²) in [7, 11) is 0. The van der Waals surface area contributed by atoms with Crippen LogP contribution in [0, 0.1) is 3.57 Å². The van der Waals surface area contributed by atoms with E-state index in [9.17, 15) is 4.79 Å². The molecular formula is C22H26IN5O2. The Morgan fingerprint density at radius 2 is 2.00 bits per heavy atom. The number of rotatable bonds is 6. The summed E-state index contributed by atoms with van der Waals surface area (Å²) in [6, 6.07) is 8.32. The molecule has 0 bridgehead atoms. The van der Waals surface area contributed by atoms with Crippen LogP contribution in [0.1, 0.15) is 48.7 Å². The molecule has 1 unspecified atom stereocenters. The molecule has 158 valence electrons. The van der Waals surface area contributed by atoms with Crippen molar-refractivity contribution in [3.8, 4) is 0 Å². The zero-order chi connectivity index (χ0) is 21.1. The van der Waals surface area contributed by atoms with Crippen LogP contribution in [0.3, 0.4) is 0 Å². The van der Waals surface area contributed by atoms with Crippen molar-refractivity contribution in [3.63, 3.8) is 0 Å². The molecule has 3 aromatic rings. The first-order chi connectivity index (χ1) is 14.6. The fourth-order valence-electron chi connectivity index (χ4n) is 3.74. The lowest BCUT2D eigenvalue weighted by Gasteiger charge is -2.26. The highest BCUT2D eigenvalue weighted by molar-refractivity contribution is 14.1. The smallest absolute Gasteiger partial charge is 0.255 e. The molecule has 2 aromatic heterocycles. The van der Waals surface area contributed by atoms with Crippen molar-refractivity contribution in [2.45, 2.75) is 45.3 Å². The molecule has 7 nitrogen and oxygen atoms in total. The van der Waals surface area contributed by atoms with Gasteiger partial charge >= 0.3 is 0 Å². The Labute approximate surface area is 189 Å². The lowest BCUT2D eigenvalue weighted by atomic mass is 10.1. The van der Waals surface area contributed by atoms with Crippen molar-refractivity contribution in [3.05, 3.63) is 51.4 Å². The molecule has 4 rings (SSSR count). The largest absolute Gasteiger partial charge is 0.381 e. The summed E-state index contributed by atoms with van der Waals surface area (Å²) in [5.74, 6) is -0.144. The zero-order valence-corrected chi connectivity index (χ0v) is 19.3. The number of carbonyl (C=O) groups excluding carboxylic acids is 1. The molecule has 2 N–H and O–H groups in total. The predicted octanol–water partition coefficient (Wildman–Crippen LogP) is 4.14. The summed E-state index contributed by atoms with van der Waals surface area (Å²) in [6.45, 7) is 6.20. The average molecular weight is 519 g/mol. The Balaban J connectivity index is 1.65. The summed E-state index contributed by atoms with van der Waals surface area (Å²) < 4.78 is 8.50. The highest BCUT2D eigenvalue weighted by atomic mass is 127. The molecule has 30 heavy (non-hydrogen) atoms. The van der Waals surface area contributed by atoms with Gasteiger partial charge in [0, 0.05) is 35.6 Å². The summed E-state index contributed by atoms with van der Waals surface area (Å²) in [5, 5.41) is 12.0. The Morgan fingerprint density at radius 3 is 2.70 bits per heavy atom. The van der Waals surface area contributed by atoms with Gasteiger partial charge in [-0.15, -0.1) is 0 Å². The molecule has 8 heteroatoms. The van der Waals surface area contributed by atoms with Crippen LogP contribution < -0.4 is 10.6 Å². The molecule has 1 saturated heterocycles. The van der Waals surface area contributed by atoms with E-state index in [0.717, 1.165) is 54.9 Å². The lowest BCUT2D eigenvalue weighted by molar-refractivity contribution is 0.0903. The minimum absolute atomic E-state index is 0.112. The fourth-order valence-corrected chi connectivity index (χ4v) is 4.10. The summed E-state index contributed by atoms with van der Waals surface area (Å²) in [5.41, 5.74) is 3.20. The van der Waals surface area contributed by atoms with E-state index in [1.54, 1.807) is 12.4 Å². The van der Waals surface area contributed by atoms with Gasteiger partial charge in [0.05, 0.1) is 28.9 Å². The Hall–Kier alpha value is -2.20. The number of nitrogens with one attached hydrogen (secondary N) is 2. The number of fused-ring (bicyclic) bond motifs is 1. The summed E-state index contributed by atoms with van der Waals surface area (Å²) in [4.78, 5) is 17.8. The number of benzene rings is 1. The van der Waals surface area contributed by atoms with Crippen LogP contribution in [0.4, 0.5) is 5.69 Å². The molecule has 0 spiro atoms. The number of pyridine rings is 1. The molecule has 1 aliphatic rings. The second-order valence-corrected chi connectivity index (χ2v) is 8.77. The van der Waals surface area contributed by atoms with Gasteiger partial charge in [0.15, 0.2) is 5.65 Å². The third-order valence-corrected chi connectivity index (χ3v) is 6.22. The quantitative estimate of drug-likeness (QED) is 0.479. The predicted molar refractivity (Wildman–Crippen MR) is 126 cm³/mol. The molecule has 1 atom stereocenters. The minimum atomic E-state index is -0.144. The Bertz CT molecular complexity index is 1030. The third-order valence-electron chi connectivity index (χ3n) is 5.50. The van der Waals surface area contributed by atoms with Gasteiger partial charge in [0.25, 0.3) is 5.91 Å². The van der Waals surface area contributed by atoms with Crippen LogP contribution in [-0.4, -0.2) is 39.9 Å². The SMILES string of the molecule is CCn1ncc2c(NC3CCOCC3)c(C(=O)NC(C)c3ccc(I)cc3)cnc21. The number of halogens is 1. The first kappa shape index (κ1) is 21.0. The molecule has 1 aromatic carbocycles. The van der Waals surface area contributed by atoms with E-state index in [0.29, 0.717) is 5.56 Å². The van der Waals surface area contributed by atoms with Crippen molar-refractivity contribution < 1.29 is 9.53 Å². The number of hydrogen-bond donors (Lipinski definition) is 2. The number of amides is 1. The van der Waals surface area contributed by atoms with Gasteiger partial charge in [-0.05, 0) is 67.0 Å². The number of nitrogens with zero attached hydrogens (tertiary/aromatic N) is 3. The number of aromatic nitrogens is 3. The highest BCUT2D eigenvalue weighted by Gasteiger charge is 2.23. The Morgan fingerprint density at radius 1 is 1.27 bits per heavy atom. The first-order valence-electron chi connectivity index (χ1n) is 10.3. The van der Waals surface area contributed by atoms with E-state index >= 15 is 0 Å². The molecule has 0 radical (unpaired) electrons. The lowest BCUT2D eigenvalue weighted by Crippen LogP contribution is -2.31. The second-order valence-electron chi connectivity index (χ2n) is 7.52. The van der Waals surface area contributed by atoms with E-state index in [4.69, 9.17) is 4.74 Å². The van der Waals surface area contributed by atoms with E-state index in [1.807, 2.05) is 42.8 Å². The van der Waals surface area contributed by atoms with Crippen molar-refractivity contribution in [1.29, 1.82) is 0 Å². The number of anilines is 1. The summed E-state index contributed by atoms with van der Waals surface area (Å²) >= 11 is 2.28. The fraction of sp³-hybridized carbons (Fsp3) is 0.409. The van der Waals surface area contributed by atoms with Crippen LogP contribution in [0.15, 0.2) is 36.7 Å². The molecule has 0 saturated carbocycles. The van der Waals surface area contributed by atoms with Gasteiger partial charge < -0.3 is 15.4 Å². The normalized spacial score (nSPS) is 15.8. The number of hydrogen-bond acceptors (Lipinski definition) is 5. The van der Waals surface area contributed by atoms with Crippen LogP contribution in [0.25, 0.3) is 11.0 Å². The molecule has 0 aliphatic carbocycles. The van der Waals surface area contributed by atoms with Crippen molar-refractivity contribution in [1.82, 2.24) is 20.1 Å². The maximum absolute atomic E-state index is 13.2. The van der Waals surface area contributed by atoms with E-state index in [2.05, 4.69) is 43.3 Å². The molecule has 1 aliphatic heterocycles. The van der Waals surface area contributed by atoms with Crippen LogP contribution in [0.5, 0.6) is 0 Å². The molecular weight excluding hydrogens is 493 g/mol. The van der Waals surface area contributed by atoms with Crippen molar-refractivity contribution in [2.75, 3.05) is 18.5 Å². The van der Waals surface area contributed by atoms with Crippen LogP contribution in [-0.2, 0) is 11.3 Å². The standard InChI is InChI=1S/C22H26IN5O2/c1-3-28-21-18(13-25-28)20(27-17-8-10-30-11-9-17)19(12-24-21)22(29)26-14(2)15-4-6-16(23)7-5-15/h4-7,12-14,17H,3,8-11H2,1-2H3,(H,24,27)(H,26,29).